The summed E-state index contributed by atoms with van der Waals surface area (Å²) in [6, 6.07) is -0.671. The van der Waals surface area contributed by atoms with Crippen molar-refractivity contribution in [3.8, 4) is 0 Å². The first-order valence-electron chi connectivity index (χ1n) is 7.82. The minimum absolute atomic E-state index is 0.0464. The zero-order chi connectivity index (χ0) is 16.1. The average Bonchev–Trinajstić information content (AvgIpc) is 2.75. The quantitative estimate of drug-likeness (QED) is 0.512. The summed E-state index contributed by atoms with van der Waals surface area (Å²) in [7, 11) is 3.49. The smallest absolute Gasteiger partial charge is 0.309 e. The van der Waals surface area contributed by atoms with Crippen LogP contribution in [0.15, 0.2) is 0 Å². The molecule has 2 rings (SSSR count). The summed E-state index contributed by atoms with van der Waals surface area (Å²) in [4.78, 5) is 38.3. The van der Waals surface area contributed by atoms with Gasteiger partial charge in [-0.3, -0.25) is 14.5 Å². The van der Waals surface area contributed by atoms with Gasteiger partial charge in [0.25, 0.3) is 5.91 Å². The second kappa shape index (κ2) is 7.75. The van der Waals surface area contributed by atoms with E-state index in [1.807, 2.05) is 7.05 Å². The second-order valence-electron chi connectivity index (χ2n) is 5.81. The van der Waals surface area contributed by atoms with E-state index >= 15 is 0 Å². The number of urea groups is 1. The number of likely N-dealkylation sites (N-methyl/N-ethyl adjacent to an activating group) is 1. The van der Waals surface area contributed by atoms with Crippen LogP contribution in [-0.2, 0) is 14.5 Å². The molecule has 0 unspecified atom stereocenters. The summed E-state index contributed by atoms with van der Waals surface area (Å²) in [6.45, 7) is 4.82. The molecule has 0 aromatic heterocycles. The second-order valence-corrected chi connectivity index (χ2v) is 5.81. The summed E-state index contributed by atoms with van der Waals surface area (Å²) in [5.41, 5.74) is 2.47. The highest BCUT2D eigenvalue weighted by atomic mass is 16.7. The first-order valence-corrected chi connectivity index (χ1v) is 7.82. The lowest BCUT2D eigenvalue weighted by molar-refractivity contribution is -0.139. The minimum Gasteiger partial charge on any atom is -0.309 e. The predicted molar refractivity (Wildman–Crippen MR) is 79.6 cm³/mol. The molecule has 126 valence electrons. The molecule has 0 aromatic rings. The molecule has 3 amide bonds. The van der Waals surface area contributed by atoms with Crippen LogP contribution in [-0.4, -0.2) is 79.3 Å². The SMILES string of the molecule is CCCN(C)CCONC(=O)[C@@H]1CC[C@@H]2CN1C(=O)N2OC. The highest BCUT2D eigenvalue weighted by Gasteiger charge is 2.47. The molecule has 0 aliphatic carbocycles. The maximum absolute atomic E-state index is 12.2. The fourth-order valence-electron chi connectivity index (χ4n) is 3.02. The van der Waals surface area contributed by atoms with Crippen molar-refractivity contribution in [1.29, 1.82) is 0 Å². The molecule has 2 heterocycles. The predicted octanol–water partition coefficient (Wildman–Crippen LogP) is 0.206. The zero-order valence-electron chi connectivity index (χ0n) is 13.6. The molecule has 2 saturated heterocycles. The van der Waals surface area contributed by atoms with Crippen LogP contribution in [0.2, 0.25) is 0 Å². The van der Waals surface area contributed by atoms with Crippen LogP contribution in [0.5, 0.6) is 0 Å². The van der Waals surface area contributed by atoms with Gasteiger partial charge in [0.05, 0.1) is 19.8 Å². The molecule has 2 aliphatic heterocycles. The van der Waals surface area contributed by atoms with E-state index in [0.717, 1.165) is 25.9 Å². The number of hydroxylamine groups is 3. The van der Waals surface area contributed by atoms with Crippen molar-refractivity contribution in [3.05, 3.63) is 0 Å². The summed E-state index contributed by atoms with van der Waals surface area (Å²) in [5, 5.41) is 1.36. The Bertz CT molecular complexity index is 406. The van der Waals surface area contributed by atoms with Gasteiger partial charge >= 0.3 is 6.03 Å². The number of piperidine rings is 1. The van der Waals surface area contributed by atoms with Gasteiger partial charge in [0.2, 0.25) is 0 Å². The van der Waals surface area contributed by atoms with Crippen LogP contribution in [0.1, 0.15) is 26.2 Å². The summed E-state index contributed by atoms with van der Waals surface area (Å²) >= 11 is 0. The largest absolute Gasteiger partial charge is 0.345 e. The Morgan fingerprint density at radius 2 is 2.18 bits per heavy atom. The third kappa shape index (κ3) is 3.68. The fraction of sp³-hybridized carbons (Fsp3) is 0.857. The molecule has 2 atom stereocenters. The highest BCUT2D eigenvalue weighted by Crippen LogP contribution is 2.29. The van der Waals surface area contributed by atoms with Crippen molar-refractivity contribution in [1.82, 2.24) is 20.3 Å². The maximum Gasteiger partial charge on any atom is 0.345 e. The van der Waals surface area contributed by atoms with E-state index in [0.29, 0.717) is 19.6 Å². The number of nitrogens with one attached hydrogen (secondary N) is 1. The van der Waals surface area contributed by atoms with E-state index in [2.05, 4.69) is 17.3 Å². The van der Waals surface area contributed by atoms with Crippen LogP contribution >= 0.6 is 0 Å². The number of fused-ring (bicyclic) bond motifs is 2. The van der Waals surface area contributed by atoms with Crippen LogP contribution in [0.4, 0.5) is 4.79 Å². The Balaban J connectivity index is 1.75. The third-order valence-corrected chi connectivity index (χ3v) is 4.18. The average molecular weight is 314 g/mol. The molecule has 22 heavy (non-hydrogen) atoms. The first-order chi connectivity index (χ1) is 10.6. The monoisotopic (exact) mass is 314 g/mol. The molecule has 0 spiro atoms. The van der Waals surface area contributed by atoms with Gasteiger partial charge in [-0.1, -0.05) is 6.92 Å². The van der Waals surface area contributed by atoms with Crippen LogP contribution in [0, 0.1) is 0 Å². The Morgan fingerprint density at radius 1 is 1.41 bits per heavy atom. The number of carbonyl (C=O) groups is 2. The van der Waals surface area contributed by atoms with Crippen molar-refractivity contribution in [2.75, 3.05) is 40.4 Å². The van der Waals surface area contributed by atoms with Gasteiger partial charge in [-0.15, -0.1) is 0 Å². The van der Waals surface area contributed by atoms with E-state index in [-0.39, 0.29) is 18.0 Å². The van der Waals surface area contributed by atoms with E-state index < -0.39 is 6.04 Å². The van der Waals surface area contributed by atoms with Gasteiger partial charge in [0.1, 0.15) is 6.04 Å². The Labute approximate surface area is 131 Å². The summed E-state index contributed by atoms with van der Waals surface area (Å²) in [5.74, 6) is -0.261. The van der Waals surface area contributed by atoms with Gasteiger partial charge in [-0.05, 0) is 32.9 Å². The molecule has 8 nitrogen and oxygen atoms in total. The molecule has 8 heteroatoms. The number of nitrogens with zero attached hydrogens (tertiary/aromatic N) is 3. The highest BCUT2D eigenvalue weighted by molar-refractivity contribution is 5.87. The molecular weight excluding hydrogens is 288 g/mol. The maximum atomic E-state index is 12.2. The molecule has 0 aromatic carbocycles. The fourth-order valence-corrected chi connectivity index (χ4v) is 3.02. The lowest BCUT2D eigenvalue weighted by Gasteiger charge is -2.29. The van der Waals surface area contributed by atoms with Gasteiger partial charge < -0.3 is 9.80 Å². The van der Waals surface area contributed by atoms with Crippen molar-refractivity contribution >= 4 is 11.9 Å². The van der Waals surface area contributed by atoms with Gasteiger partial charge in [0.15, 0.2) is 0 Å². The van der Waals surface area contributed by atoms with Gasteiger partial charge in [0, 0.05) is 13.1 Å². The molecule has 0 radical (unpaired) electrons. The van der Waals surface area contributed by atoms with E-state index in [4.69, 9.17) is 9.68 Å². The van der Waals surface area contributed by atoms with Crippen molar-refractivity contribution in [3.63, 3.8) is 0 Å². The standard InChI is InChI=1S/C14H26N4O4/c1-4-7-16(2)8-9-22-15-13(19)12-6-5-11-10-17(12)14(20)18(11)21-3/h11-12H,4-10H2,1-3H3,(H,15,19)/t11-,12+/m1/s1. The third-order valence-electron chi connectivity index (χ3n) is 4.18. The van der Waals surface area contributed by atoms with Crippen molar-refractivity contribution < 1.29 is 19.3 Å². The van der Waals surface area contributed by atoms with E-state index in [9.17, 15) is 9.59 Å². The number of rotatable bonds is 8. The summed E-state index contributed by atoms with van der Waals surface area (Å²) < 4.78 is 0. The number of carbonyl (C=O) groups excluding carboxylic acids is 2. The Kier molecular flexibility index (Phi) is 5.98. The molecule has 1 N–H and O–H groups in total. The molecule has 2 aliphatic rings. The van der Waals surface area contributed by atoms with Crippen molar-refractivity contribution in [2.24, 2.45) is 0 Å². The van der Waals surface area contributed by atoms with Gasteiger partial charge in [-0.25, -0.2) is 10.3 Å². The molecular formula is C14H26N4O4. The number of amides is 3. The van der Waals surface area contributed by atoms with E-state index in [1.54, 1.807) is 4.90 Å². The summed E-state index contributed by atoms with van der Waals surface area (Å²) in [6.07, 6.45) is 2.47. The lowest BCUT2D eigenvalue weighted by Crippen LogP contribution is -2.50. The molecule has 2 bridgehead atoms. The first kappa shape index (κ1) is 17.0. The van der Waals surface area contributed by atoms with Crippen LogP contribution in [0.3, 0.4) is 0 Å². The topological polar surface area (TPSA) is 74.4 Å². The molecule has 0 saturated carbocycles. The molecule has 2 fully saturated rings. The Morgan fingerprint density at radius 3 is 2.86 bits per heavy atom. The van der Waals surface area contributed by atoms with Gasteiger partial charge in [-0.2, -0.15) is 5.06 Å². The van der Waals surface area contributed by atoms with Crippen molar-refractivity contribution in [2.45, 2.75) is 38.3 Å². The van der Waals surface area contributed by atoms with Crippen LogP contribution < -0.4 is 5.48 Å². The Hall–Kier alpha value is -1.38. The van der Waals surface area contributed by atoms with E-state index in [1.165, 1.54) is 12.2 Å². The number of hydrogen-bond acceptors (Lipinski definition) is 5. The van der Waals surface area contributed by atoms with Crippen LogP contribution in [0.25, 0.3) is 0 Å². The normalized spacial score (nSPS) is 24.3. The lowest BCUT2D eigenvalue weighted by atomic mass is 10.0. The minimum atomic E-state index is -0.475. The number of hydrogen-bond donors (Lipinski definition) is 1. The zero-order valence-corrected chi connectivity index (χ0v) is 13.6.